The first-order valence-electron chi connectivity index (χ1n) is 4.53. The average Bonchev–Trinajstić information content (AvgIpc) is 2.93. The van der Waals surface area contributed by atoms with Crippen molar-refractivity contribution in [3.05, 3.63) is 28.2 Å². The fraction of sp³-hybridized carbons (Fsp3) is 0.333. The highest BCUT2D eigenvalue weighted by Gasteiger charge is 2.31. The number of halogens is 1. The highest BCUT2D eigenvalue weighted by atomic mass is 79.9. The molecule has 1 heterocycles. The van der Waals surface area contributed by atoms with Gasteiger partial charge in [0.2, 0.25) is 0 Å². The summed E-state index contributed by atoms with van der Waals surface area (Å²) in [5.41, 5.74) is 1.60. The minimum Gasteiger partial charge on any atom is -0.271 e. The van der Waals surface area contributed by atoms with E-state index < -0.39 is 10.2 Å². The van der Waals surface area contributed by atoms with Crippen molar-refractivity contribution in [3.63, 3.8) is 0 Å². The van der Waals surface area contributed by atoms with Crippen molar-refractivity contribution in [2.45, 2.75) is 6.92 Å². The summed E-state index contributed by atoms with van der Waals surface area (Å²) in [5, 5.41) is 0. The van der Waals surface area contributed by atoms with Crippen LogP contribution in [0.1, 0.15) is 5.56 Å². The fourth-order valence-corrected chi connectivity index (χ4v) is 2.57. The van der Waals surface area contributed by atoms with Crippen molar-refractivity contribution in [2.75, 3.05) is 17.8 Å². The Morgan fingerprint density at radius 1 is 1.40 bits per heavy atom. The smallest absolute Gasteiger partial charge is 0.271 e. The molecule has 82 valence electrons. The van der Waals surface area contributed by atoms with Crippen LogP contribution in [0.4, 0.5) is 5.69 Å². The molecule has 1 saturated heterocycles. The monoisotopic (exact) mass is 290 g/mol. The van der Waals surface area contributed by atoms with Gasteiger partial charge in [0, 0.05) is 17.6 Å². The molecule has 1 aliphatic rings. The van der Waals surface area contributed by atoms with E-state index in [9.17, 15) is 8.42 Å². The van der Waals surface area contributed by atoms with Crippen molar-refractivity contribution in [1.82, 2.24) is 4.31 Å². The minimum atomic E-state index is -3.30. The summed E-state index contributed by atoms with van der Waals surface area (Å²) < 4.78 is 28.0. The Balaban J connectivity index is 2.21. The standard InChI is InChI=1S/C9H11BrN2O2S/c1-7-6-8(2-3-9(7)10)11-15(13,14)12-4-5-12/h2-3,6,11H,4-5H2,1H3. The number of benzene rings is 1. The summed E-state index contributed by atoms with van der Waals surface area (Å²) in [6, 6.07) is 5.36. The Morgan fingerprint density at radius 3 is 2.60 bits per heavy atom. The molecule has 0 atom stereocenters. The second-order valence-corrected chi connectivity index (χ2v) is 6.00. The Morgan fingerprint density at radius 2 is 2.07 bits per heavy atom. The van der Waals surface area contributed by atoms with E-state index in [0.717, 1.165) is 10.0 Å². The van der Waals surface area contributed by atoms with Crippen LogP contribution in [0.2, 0.25) is 0 Å². The lowest BCUT2D eigenvalue weighted by molar-refractivity contribution is 0.569. The van der Waals surface area contributed by atoms with Crippen LogP contribution in [0.3, 0.4) is 0 Å². The van der Waals surface area contributed by atoms with Gasteiger partial charge in [-0.2, -0.15) is 12.7 Å². The summed E-state index contributed by atoms with van der Waals surface area (Å²) in [6.07, 6.45) is 0. The van der Waals surface area contributed by atoms with Crippen molar-refractivity contribution in [1.29, 1.82) is 0 Å². The Hall–Kier alpha value is -0.590. The van der Waals surface area contributed by atoms with Crippen molar-refractivity contribution < 1.29 is 8.42 Å². The van der Waals surface area contributed by atoms with E-state index in [-0.39, 0.29) is 0 Å². The van der Waals surface area contributed by atoms with Gasteiger partial charge >= 0.3 is 10.2 Å². The third-order valence-corrected chi connectivity index (χ3v) is 4.58. The molecule has 0 spiro atoms. The van der Waals surface area contributed by atoms with Crippen molar-refractivity contribution in [2.24, 2.45) is 0 Å². The summed E-state index contributed by atoms with van der Waals surface area (Å²) in [5.74, 6) is 0. The van der Waals surface area contributed by atoms with Crippen LogP contribution in [-0.2, 0) is 10.2 Å². The van der Waals surface area contributed by atoms with E-state index in [4.69, 9.17) is 0 Å². The van der Waals surface area contributed by atoms with E-state index in [1.165, 1.54) is 4.31 Å². The average molecular weight is 291 g/mol. The highest BCUT2D eigenvalue weighted by Crippen LogP contribution is 2.22. The molecule has 0 aliphatic carbocycles. The molecule has 1 aromatic rings. The first-order chi connectivity index (χ1) is 6.99. The second kappa shape index (κ2) is 3.77. The van der Waals surface area contributed by atoms with E-state index >= 15 is 0 Å². The maximum Gasteiger partial charge on any atom is 0.301 e. The SMILES string of the molecule is Cc1cc(NS(=O)(=O)N2CC2)ccc1Br. The maximum absolute atomic E-state index is 11.6. The molecule has 1 aromatic carbocycles. The predicted molar refractivity (Wildman–Crippen MR) is 63.0 cm³/mol. The molecule has 6 heteroatoms. The van der Waals surface area contributed by atoms with Crippen LogP contribution in [0.25, 0.3) is 0 Å². The molecule has 0 bridgehead atoms. The summed E-state index contributed by atoms with van der Waals surface area (Å²) >= 11 is 3.36. The Labute approximate surface area is 97.6 Å². The van der Waals surface area contributed by atoms with Gasteiger partial charge in [-0.15, -0.1) is 0 Å². The van der Waals surface area contributed by atoms with E-state index in [2.05, 4.69) is 20.7 Å². The van der Waals surface area contributed by atoms with Crippen LogP contribution >= 0.6 is 15.9 Å². The van der Waals surface area contributed by atoms with Gasteiger partial charge in [0.1, 0.15) is 0 Å². The van der Waals surface area contributed by atoms with Crippen LogP contribution in [-0.4, -0.2) is 25.8 Å². The highest BCUT2D eigenvalue weighted by molar-refractivity contribution is 9.10. The molecular weight excluding hydrogens is 280 g/mol. The van der Waals surface area contributed by atoms with Crippen LogP contribution in [0, 0.1) is 6.92 Å². The normalized spacial score (nSPS) is 16.4. The van der Waals surface area contributed by atoms with E-state index in [0.29, 0.717) is 18.8 Å². The van der Waals surface area contributed by atoms with Crippen LogP contribution < -0.4 is 4.72 Å². The molecule has 2 rings (SSSR count). The van der Waals surface area contributed by atoms with Gasteiger partial charge in [0.05, 0.1) is 5.69 Å². The molecule has 4 nitrogen and oxygen atoms in total. The number of rotatable bonds is 3. The third kappa shape index (κ3) is 2.50. The zero-order valence-electron chi connectivity index (χ0n) is 8.20. The largest absolute Gasteiger partial charge is 0.301 e. The lowest BCUT2D eigenvalue weighted by Crippen LogP contribution is -2.20. The van der Waals surface area contributed by atoms with Crippen molar-refractivity contribution in [3.8, 4) is 0 Å². The molecule has 0 radical (unpaired) electrons. The molecule has 1 aliphatic heterocycles. The summed E-state index contributed by atoms with van der Waals surface area (Å²) in [4.78, 5) is 0. The zero-order chi connectivity index (χ0) is 11.1. The van der Waals surface area contributed by atoms with Crippen LogP contribution in [0.15, 0.2) is 22.7 Å². The number of aryl methyl sites for hydroxylation is 1. The minimum absolute atomic E-state index is 0.600. The molecule has 0 saturated carbocycles. The zero-order valence-corrected chi connectivity index (χ0v) is 10.6. The molecule has 0 unspecified atom stereocenters. The molecule has 0 aromatic heterocycles. The fourth-order valence-electron chi connectivity index (χ4n) is 1.20. The van der Waals surface area contributed by atoms with Gasteiger partial charge in [-0.1, -0.05) is 15.9 Å². The second-order valence-electron chi connectivity index (χ2n) is 3.47. The van der Waals surface area contributed by atoms with Gasteiger partial charge in [-0.25, -0.2) is 0 Å². The number of nitrogens with zero attached hydrogens (tertiary/aromatic N) is 1. The number of hydrogen-bond acceptors (Lipinski definition) is 2. The molecule has 1 fully saturated rings. The molecule has 1 N–H and O–H groups in total. The number of hydrogen-bond donors (Lipinski definition) is 1. The lowest BCUT2D eigenvalue weighted by Gasteiger charge is -2.08. The third-order valence-electron chi connectivity index (χ3n) is 2.15. The first-order valence-corrected chi connectivity index (χ1v) is 6.76. The molecule has 0 amide bonds. The van der Waals surface area contributed by atoms with Gasteiger partial charge < -0.3 is 0 Å². The quantitative estimate of drug-likeness (QED) is 0.862. The van der Waals surface area contributed by atoms with Crippen LogP contribution in [0.5, 0.6) is 0 Å². The van der Waals surface area contributed by atoms with E-state index in [1.54, 1.807) is 12.1 Å². The topological polar surface area (TPSA) is 49.2 Å². The number of anilines is 1. The van der Waals surface area contributed by atoms with Crippen molar-refractivity contribution >= 4 is 31.8 Å². The van der Waals surface area contributed by atoms with Gasteiger partial charge in [-0.3, -0.25) is 4.72 Å². The Kier molecular flexibility index (Phi) is 2.74. The number of nitrogens with one attached hydrogen (secondary N) is 1. The van der Waals surface area contributed by atoms with Gasteiger partial charge in [0.25, 0.3) is 0 Å². The Bertz CT molecular complexity index is 483. The summed E-state index contributed by atoms with van der Waals surface area (Å²) in [7, 11) is -3.30. The first kappa shape index (κ1) is 10.9. The van der Waals surface area contributed by atoms with Gasteiger partial charge in [-0.05, 0) is 30.7 Å². The predicted octanol–water partition coefficient (Wildman–Crippen LogP) is 1.73. The lowest BCUT2D eigenvalue weighted by atomic mass is 10.2. The van der Waals surface area contributed by atoms with Gasteiger partial charge in [0.15, 0.2) is 0 Å². The molecular formula is C9H11BrN2O2S. The molecule has 15 heavy (non-hydrogen) atoms. The van der Waals surface area contributed by atoms with E-state index in [1.807, 2.05) is 13.0 Å². The maximum atomic E-state index is 11.6. The summed E-state index contributed by atoms with van der Waals surface area (Å²) in [6.45, 7) is 3.15.